The number of hydrogen-bond donors (Lipinski definition) is 0. The van der Waals surface area contributed by atoms with E-state index in [9.17, 15) is 0 Å². The fourth-order valence-electron chi connectivity index (χ4n) is 1.21. The lowest BCUT2D eigenvalue weighted by atomic mass is 10.1. The molecule has 1 rings (SSSR count). The molecule has 0 fully saturated rings. The zero-order valence-electron chi connectivity index (χ0n) is 9.16. The predicted molar refractivity (Wildman–Crippen MR) is 65.4 cm³/mol. The highest BCUT2D eigenvalue weighted by Crippen LogP contribution is 2.06. The van der Waals surface area contributed by atoms with Crippen LogP contribution in [0.4, 0.5) is 0 Å². The van der Waals surface area contributed by atoms with Gasteiger partial charge in [0.2, 0.25) is 0 Å². The Bertz CT molecular complexity index is 303. The lowest BCUT2D eigenvalue weighted by Gasteiger charge is -2.27. The third-order valence-electron chi connectivity index (χ3n) is 2.65. The highest BCUT2D eigenvalue weighted by molar-refractivity contribution is 7.79. The van der Waals surface area contributed by atoms with E-state index >= 15 is 0 Å². The summed E-state index contributed by atoms with van der Waals surface area (Å²) in [6.07, 6.45) is 1.09. The molecule has 0 aliphatic heterocycles. The van der Waals surface area contributed by atoms with Crippen LogP contribution < -0.4 is 0 Å². The van der Waals surface area contributed by atoms with E-state index in [-0.39, 0.29) is 0 Å². The molecule has 1 aromatic carbocycles. The molecule has 1 nitrogen and oxygen atoms in total. The van der Waals surface area contributed by atoms with Gasteiger partial charge in [0.15, 0.2) is 4.99 Å². The van der Waals surface area contributed by atoms with E-state index in [0.29, 0.717) is 0 Å². The summed E-state index contributed by atoms with van der Waals surface area (Å²) in [6, 6.07) is 10.5. The van der Waals surface area contributed by atoms with E-state index in [1.165, 1.54) is 5.56 Å². The van der Waals surface area contributed by atoms with Crippen molar-refractivity contribution in [3.05, 3.63) is 35.9 Å². The summed E-state index contributed by atoms with van der Waals surface area (Å²) in [6.45, 7) is 3.08. The number of nitrogens with zero attached hydrogens (tertiary/aromatic N) is 1. The molecule has 0 spiro atoms. The summed E-state index contributed by atoms with van der Waals surface area (Å²) < 4.78 is 0.824. The van der Waals surface area contributed by atoms with E-state index in [2.05, 4.69) is 38.4 Å². The first-order chi connectivity index (χ1) is 6.52. The van der Waals surface area contributed by atoms with Crippen LogP contribution >= 0.6 is 12.2 Å². The predicted octanol–water partition coefficient (Wildman–Crippen LogP) is 2.65. The van der Waals surface area contributed by atoms with Crippen molar-refractivity contribution in [3.63, 3.8) is 0 Å². The van der Waals surface area contributed by atoms with Crippen LogP contribution in [0.5, 0.6) is 0 Å². The van der Waals surface area contributed by atoms with Gasteiger partial charge in [-0.25, -0.2) is 0 Å². The minimum Gasteiger partial charge on any atom is -0.290 e. The lowest BCUT2D eigenvalue weighted by Crippen LogP contribution is -2.44. The van der Waals surface area contributed by atoms with Crippen LogP contribution in [0.1, 0.15) is 12.5 Å². The van der Waals surface area contributed by atoms with Gasteiger partial charge in [-0.3, -0.25) is 4.48 Å². The molecule has 0 aromatic heterocycles. The van der Waals surface area contributed by atoms with Crippen molar-refractivity contribution in [1.29, 1.82) is 0 Å². The van der Waals surface area contributed by atoms with Crippen LogP contribution in [-0.4, -0.2) is 30.1 Å². The highest BCUT2D eigenvalue weighted by Gasteiger charge is 2.17. The van der Waals surface area contributed by atoms with Gasteiger partial charge in [-0.2, -0.15) is 0 Å². The number of benzene rings is 1. The maximum absolute atomic E-state index is 5.22. The Hall–Kier alpha value is -0.730. The van der Waals surface area contributed by atoms with Crippen molar-refractivity contribution in [1.82, 2.24) is 0 Å². The van der Waals surface area contributed by atoms with Gasteiger partial charge in [0.25, 0.3) is 0 Å². The van der Waals surface area contributed by atoms with E-state index < -0.39 is 0 Å². The van der Waals surface area contributed by atoms with Gasteiger partial charge in [-0.1, -0.05) is 30.3 Å². The molecule has 0 atom stereocenters. The molecule has 2 heteroatoms. The maximum atomic E-state index is 5.22. The maximum Gasteiger partial charge on any atom is 0.170 e. The van der Waals surface area contributed by atoms with Crippen molar-refractivity contribution in [3.8, 4) is 0 Å². The topological polar surface area (TPSA) is 0 Å². The summed E-state index contributed by atoms with van der Waals surface area (Å²) in [5.41, 5.74) is 1.38. The molecule has 0 heterocycles. The van der Waals surface area contributed by atoms with Crippen LogP contribution in [0, 0.1) is 0 Å². The lowest BCUT2D eigenvalue weighted by molar-refractivity contribution is -0.797. The van der Waals surface area contributed by atoms with E-state index in [1.54, 1.807) is 0 Å². The van der Waals surface area contributed by atoms with Crippen LogP contribution in [0.3, 0.4) is 0 Å². The Morgan fingerprint density at radius 2 is 1.79 bits per heavy atom. The normalized spacial score (nSPS) is 11.4. The summed E-state index contributed by atoms with van der Waals surface area (Å²) in [5.74, 6) is 0. The Morgan fingerprint density at radius 1 is 1.21 bits per heavy atom. The smallest absolute Gasteiger partial charge is 0.170 e. The Balaban J connectivity index is 2.53. The quantitative estimate of drug-likeness (QED) is 0.543. The molecule has 0 aliphatic carbocycles. The average Bonchev–Trinajstić information content (AvgIpc) is 2.16. The summed E-state index contributed by atoms with van der Waals surface area (Å²) >= 11 is 5.22. The molecule has 0 saturated heterocycles. The Morgan fingerprint density at radius 3 is 2.29 bits per heavy atom. The van der Waals surface area contributed by atoms with Crippen molar-refractivity contribution in [2.24, 2.45) is 0 Å². The first-order valence-corrected chi connectivity index (χ1v) is 5.31. The third kappa shape index (κ3) is 3.20. The standard InChI is InChI=1S/C12H18NS/c1-11(14)13(2,3)10-9-12-7-5-4-6-8-12/h4-8H,9-10H2,1-3H3/q+1. The van der Waals surface area contributed by atoms with Gasteiger partial charge in [-0.05, 0) is 17.8 Å². The van der Waals surface area contributed by atoms with E-state index in [0.717, 1.165) is 22.4 Å². The first kappa shape index (κ1) is 11.3. The van der Waals surface area contributed by atoms with Crippen molar-refractivity contribution in [2.45, 2.75) is 13.3 Å². The van der Waals surface area contributed by atoms with Crippen molar-refractivity contribution in [2.75, 3.05) is 20.6 Å². The minimum absolute atomic E-state index is 0.824. The third-order valence-corrected chi connectivity index (χ3v) is 3.15. The average molecular weight is 208 g/mol. The SMILES string of the molecule is CC(=S)[N+](C)(C)CCc1ccccc1. The molecule has 0 N–H and O–H groups in total. The van der Waals surface area contributed by atoms with E-state index in [4.69, 9.17) is 12.2 Å². The van der Waals surface area contributed by atoms with Gasteiger partial charge in [-0.15, -0.1) is 0 Å². The van der Waals surface area contributed by atoms with Crippen molar-refractivity contribution >= 4 is 17.2 Å². The van der Waals surface area contributed by atoms with Gasteiger partial charge < -0.3 is 0 Å². The number of likely N-dealkylation sites (N-methyl/N-ethyl adjacent to an activating group) is 1. The summed E-state index contributed by atoms with van der Waals surface area (Å²) in [5, 5.41) is 0. The zero-order valence-corrected chi connectivity index (χ0v) is 9.97. The number of quaternary nitrogens is 1. The molecule has 1 aromatic rings. The molecule has 0 radical (unpaired) electrons. The zero-order chi connectivity index (χ0) is 10.6. The molecular formula is C12H18NS+. The van der Waals surface area contributed by atoms with Crippen LogP contribution in [0.2, 0.25) is 0 Å². The van der Waals surface area contributed by atoms with Gasteiger partial charge in [0.1, 0.15) is 0 Å². The largest absolute Gasteiger partial charge is 0.290 e. The fraction of sp³-hybridized carbons (Fsp3) is 0.417. The number of hydrogen-bond acceptors (Lipinski definition) is 1. The molecule has 14 heavy (non-hydrogen) atoms. The van der Waals surface area contributed by atoms with Crippen molar-refractivity contribution < 1.29 is 4.48 Å². The van der Waals surface area contributed by atoms with Crippen LogP contribution in [0.25, 0.3) is 0 Å². The fourth-order valence-corrected chi connectivity index (χ4v) is 1.30. The first-order valence-electron chi connectivity index (χ1n) is 4.90. The molecule has 0 saturated carbocycles. The number of rotatable bonds is 3. The monoisotopic (exact) mass is 208 g/mol. The second-order valence-electron chi connectivity index (χ2n) is 4.16. The second kappa shape index (κ2) is 4.67. The van der Waals surface area contributed by atoms with Gasteiger partial charge >= 0.3 is 0 Å². The second-order valence-corrected chi connectivity index (χ2v) is 4.75. The highest BCUT2D eigenvalue weighted by atomic mass is 32.1. The molecule has 0 bridgehead atoms. The molecule has 0 amide bonds. The summed E-state index contributed by atoms with van der Waals surface area (Å²) in [7, 11) is 4.32. The summed E-state index contributed by atoms with van der Waals surface area (Å²) in [4.78, 5) is 1.04. The van der Waals surface area contributed by atoms with E-state index in [1.807, 2.05) is 13.0 Å². The minimum atomic E-state index is 0.824. The Kier molecular flexibility index (Phi) is 3.78. The molecule has 76 valence electrons. The molecule has 0 aliphatic rings. The molecular weight excluding hydrogens is 190 g/mol. The van der Waals surface area contributed by atoms with Gasteiger partial charge in [0, 0.05) is 13.3 Å². The molecule has 0 unspecified atom stereocenters. The van der Waals surface area contributed by atoms with Crippen LogP contribution in [-0.2, 0) is 6.42 Å². The number of thiocarbonyl (C=S) groups is 1. The van der Waals surface area contributed by atoms with Crippen LogP contribution in [0.15, 0.2) is 30.3 Å². The van der Waals surface area contributed by atoms with Gasteiger partial charge in [0.05, 0.1) is 20.6 Å². The Labute approximate surface area is 91.9 Å².